The number of carbonyl (C=O) groups excluding carboxylic acids is 1. The molecule has 6 nitrogen and oxygen atoms in total. The van der Waals surface area contributed by atoms with Gasteiger partial charge < -0.3 is 10.6 Å². The monoisotopic (exact) mass is 353 g/mol. The van der Waals surface area contributed by atoms with E-state index in [-0.39, 0.29) is 11.4 Å². The van der Waals surface area contributed by atoms with Crippen molar-refractivity contribution < 1.29 is 4.79 Å². The van der Waals surface area contributed by atoms with Crippen molar-refractivity contribution in [1.82, 2.24) is 20.6 Å². The second-order valence-corrected chi connectivity index (χ2v) is 7.80. The van der Waals surface area contributed by atoms with Crippen LogP contribution in [0.3, 0.4) is 0 Å². The van der Waals surface area contributed by atoms with Gasteiger partial charge in [0.15, 0.2) is 5.82 Å². The number of carbonyl (C=O) groups is 1. The lowest BCUT2D eigenvalue weighted by atomic mass is 10.0. The van der Waals surface area contributed by atoms with Crippen LogP contribution in [0.25, 0.3) is 0 Å². The van der Waals surface area contributed by atoms with Gasteiger partial charge in [0.2, 0.25) is 0 Å². The standard InChI is InChI=1S/C20H27N5O/c1-13(2)15(14(3)16(21-5)24-19(4)7-8-19)17(26)25-20(9-10-20)18-22-11-6-12-23-18/h6,11-12,24H,5,7-10H2,1-4H3,(H,25,26)/b16-14-. The summed E-state index contributed by atoms with van der Waals surface area (Å²) in [5, 5.41) is 6.59. The zero-order valence-electron chi connectivity index (χ0n) is 16.0. The Morgan fingerprint density at radius 2 is 1.73 bits per heavy atom. The van der Waals surface area contributed by atoms with Crippen LogP contribution in [0.1, 0.15) is 59.2 Å². The number of rotatable bonds is 7. The maximum absolute atomic E-state index is 13.1. The molecule has 0 radical (unpaired) electrons. The predicted octanol–water partition coefficient (Wildman–Crippen LogP) is 2.99. The summed E-state index contributed by atoms with van der Waals surface area (Å²) < 4.78 is 0. The Morgan fingerprint density at radius 1 is 1.12 bits per heavy atom. The summed E-state index contributed by atoms with van der Waals surface area (Å²) in [6.45, 7) is 11.6. The number of aromatic nitrogens is 2. The molecular formula is C20H27N5O. The van der Waals surface area contributed by atoms with Crippen LogP contribution in [0.4, 0.5) is 0 Å². The van der Waals surface area contributed by atoms with Crippen molar-refractivity contribution >= 4 is 12.6 Å². The molecule has 1 aromatic heterocycles. The first-order valence-electron chi connectivity index (χ1n) is 9.04. The first-order valence-corrected chi connectivity index (χ1v) is 9.04. The van der Waals surface area contributed by atoms with Crippen LogP contribution in [-0.4, -0.2) is 28.1 Å². The fourth-order valence-electron chi connectivity index (χ4n) is 3.10. The van der Waals surface area contributed by atoms with Crippen molar-refractivity contribution in [3.05, 3.63) is 46.8 Å². The van der Waals surface area contributed by atoms with Gasteiger partial charge in [0, 0.05) is 29.1 Å². The van der Waals surface area contributed by atoms with E-state index < -0.39 is 5.54 Å². The van der Waals surface area contributed by atoms with Crippen LogP contribution in [0, 0.1) is 0 Å². The molecule has 6 heteroatoms. The molecule has 0 unspecified atom stereocenters. The van der Waals surface area contributed by atoms with Crippen molar-refractivity contribution in [2.75, 3.05) is 0 Å². The lowest BCUT2D eigenvalue weighted by Gasteiger charge is -2.21. The van der Waals surface area contributed by atoms with E-state index in [2.05, 4.69) is 39.2 Å². The minimum absolute atomic E-state index is 0.0661. The molecule has 1 amide bonds. The summed E-state index contributed by atoms with van der Waals surface area (Å²) in [6.07, 6.45) is 7.33. The highest BCUT2D eigenvalue weighted by Crippen LogP contribution is 2.44. The van der Waals surface area contributed by atoms with Gasteiger partial charge in [-0.05, 0) is 66.2 Å². The van der Waals surface area contributed by atoms with Crippen LogP contribution < -0.4 is 10.6 Å². The molecule has 0 aliphatic heterocycles. The number of allylic oxidation sites excluding steroid dienone is 1. The molecule has 26 heavy (non-hydrogen) atoms. The Labute approximate surface area is 154 Å². The van der Waals surface area contributed by atoms with Gasteiger partial charge in [-0.25, -0.2) is 15.0 Å². The van der Waals surface area contributed by atoms with Crippen LogP contribution in [-0.2, 0) is 10.3 Å². The van der Waals surface area contributed by atoms with Crippen molar-refractivity contribution in [3.63, 3.8) is 0 Å². The minimum Gasteiger partial charge on any atom is -0.365 e. The smallest absolute Gasteiger partial charge is 0.252 e. The van der Waals surface area contributed by atoms with Gasteiger partial charge in [0.25, 0.3) is 5.91 Å². The maximum atomic E-state index is 13.1. The van der Waals surface area contributed by atoms with Crippen LogP contribution in [0.15, 0.2) is 46.0 Å². The molecular weight excluding hydrogens is 326 g/mol. The van der Waals surface area contributed by atoms with Crippen molar-refractivity contribution in [1.29, 1.82) is 0 Å². The van der Waals surface area contributed by atoms with Crippen LogP contribution >= 0.6 is 0 Å². The van der Waals surface area contributed by atoms with Crippen molar-refractivity contribution in [2.24, 2.45) is 4.99 Å². The zero-order chi connectivity index (χ0) is 18.9. The van der Waals surface area contributed by atoms with E-state index in [9.17, 15) is 4.79 Å². The fraction of sp³-hybridized carbons (Fsp3) is 0.500. The molecule has 0 aromatic carbocycles. The van der Waals surface area contributed by atoms with E-state index in [0.717, 1.165) is 36.8 Å². The summed E-state index contributed by atoms with van der Waals surface area (Å²) >= 11 is 0. The number of amides is 1. The SMILES string of the molecule is C=N/C(NC1(C)CC1)=C(\C)C(C(=O)NC1(c2ncccn2)CC1)=C(C)C. The Bertz CT molecular complexity index is 782. The van der Waals surface area contributed by atoms with Crippen molar-refractivity contribution in [3.8, 4) is 0 Å². The van der Waals surface area contributed by atoms with E-state index in [1.807, 2.05) is 20.8 Å². The molecule has 2 fully saturated rings. The van der Waals surface area contributed by atoms with Gasteiger partial charge in [-0.15, -0.1) is 0 Å². The molecule has 0 atom stereocenters. The Hall–Kier alpha value is -2.50. The predicted molar refractivity (Wildman–Crippen MR) is 102 cm³/mol. The molecule has 1 aromatic rings. The lowest BCUT2D eigenvalue weighted by Crippen LogP contribution is -2.38. The molecule has 138 valence electrons. The second-order valence-electron chi connectivity index (χ2n) is 7.80. The normalized spacial score (nSPS) is 19.7. The molecule has 0 bridgehead atoms. The molecule has 1 heterocycles. The fourth-order valence-corrected chi connectivity index (χ4v) is 3.10. The van der Waals surface area contributed by atoms with E-state index in [0.29, 0.717) is 17.2 Å². The maximum Gasteiger partial charge on any atom is 0.252 e. The number of hydrogen-bond acceptors (Lipinski definition) is 5. The summed E-state index contributed by atoms with van der Waals surface area (Å²) in [4.78, 5) is 25.9. The number of hydrogen-bond donors (Lipinski definition) is 2. The molecule has 2 saturated carbocycles. The van der Waals surface area contributed by atoms with Gasteiger partial charge in [-0.2, -0.15) is 0 Å². The van der Waals surface area contributed by atoms with Gasteiger partial charge in [0.1, 0.15) is 11.4 Å². The summed E-state index contributed by atoms with van der Waals surface area (Å²) in [6, 6.07) is 1.78. The highest BCUT2D eigenvalue weighted by Gasteiger charge is 2.49. The molecule has 0 spiro atoms. The van der Waals surface area contributed by atoms with Gasteiger partial charge in [-0.1, -0.05) is 5.57 Å². The van der Waals surface area contributed by atoms with E-state index in [4.69, 9.17) is 0 Å². The third-order valence-corrected chi connectivity index (χ3v) is 5.13. The average molecular weight is 353 g/mol. The van der Waals surface area contributed by atoms with Crippen LogP contribution in [0.5, 0.6) is 0 Å². The molecule has 3 rings (SSSR count). The quantitative estimate of drug-likeness (QED) is 0.449. The number of nitrogens with one attached hydrogen (secondary N) is 2. The first kappa shape index (κ1) is 18.3. The van der Waals surface area contributed by atoms with Crippen LogP contribution in [0.2, 0.25) is 0 Å². The summed E-state index contributed by atoms with van der Waals surface area (Å²) in [7, 11) is 0. The zero-order valence-corrected chi connectivity index (χ0v) is 16.0. The largest absolute Gasteiger partial charge is 0.365 e. The molecule has 2 aliphatic carbocycles. The molecule has 0 saturated heterocycles. The number of aliphatic imine (C=N–C) groups is 1. The third-order valence-electron chi connectivity index (χ3n) is 5.13. The van der Waals surface area contributed by atoms with Crippen molar-refractivity contribution in [2.45, 2.75) is 64.5 Å². The van der Waals surface area contributed by atoms with Gasteiger partial charge >= 0.3 is 0 Å². The minimum atomic E-state index is -0.447. The highest BCUT2D eigenvalue weighted by molar-refractivity contribution is 5.99. The number of nitrogens with zero attached hydrogens (tertiary/aromatic N) is 3. The highest BCUT2D eigenvalue weighted by atomic mass is 16.2. The Balaban J connectivity index is 1.85. The summed E-state index contributed by atoms with van der Waals surface area (Å²) in [5.74, 6) is 1.24. The van der Waals surface area contributed by atoms with E-state index in [1.54, 1.807) is 18.5 Å². The Kier molecular flexibility index (Phi) is 4.69. The lowest BCUT2D eigenvalue weighted by molar-refractivity contribution is -0.118. The van der Waals surface area contributed by atoms with Gasteiger partial charge in [-0.3, -0.25) is 4.79 Å². The summed E-state index contributed by atoms with van der Waals surface area (Å²) in [5.41, 5.74) is 2.02. The average Bonchev–Trinajstić information content (AvgIpc) is 3.52. The van der Waals surface area contributed by atoms with E-state index in [1.165, 1.54) is 0 Å². The molecule has 2 N–H and O–H groups in total. The Morgan fingerprint density at radius 3 is 2.19 bits per heavy atom. The molecule has 2 aliphatic rings. The van der Waals surface area contributed by atoms with Gasteiger partial charge in [0.05, 0.1) is 0 Å². The third kappa shape index (κ3) is 3.69. The van der Waals surface area contributed by atoms with E-state index >= 15 is 0 Å². The first-order chi connectivity index (χ1) is 12.3. The topological polar surface area (TPSA) is 79.3 Å². The second kappa shape index (κ2) is 6.67.